The third-order valence-electron chi connectivity index (χ3n) is 1.84. The maximum absolute atomic E-state index is 11.1. The molecule has 0 saturated carbocycles. The molecule has 14 heavy (non-hydrogen) atoms. The Labute approximate surface area is 85.4 Å². The highest BCUT2D eigenvalue weighted by Gasteiger charge is 2.20. The van der Waals surface area contributed by atoms with Crippen LogP contribution < -0.4 is 5.56 Å². The van der Waals surface area contributed by atoms with Crippen LogP contribution in [0.5, 0.6) is 0 Å². The van der Waals surface area contributed by atoms with E-state index in [0.29, 0.717) is 0 Å². The third kappa shape index (κ3) is 2.16. The first-order chi connectivity index (χ1) is 6.57. The number of pyridine rings is 1. The molecule has 0 saturated heterocycles. The fourth-order valence-corrected chi connectivity index (χ4v) is 1.30. The zero-order chi connectivity index (χ0) is 10.7. The molecule has 0 aliphatic rings. The number of aliphatic hydroxyl groups is 3. The number of aromatic amines is 1. The van der Waals surface area contributed by atoms with E-state index in [-0.39, 0.29) is 10.5 Å². The average Bonchev–Trinajstić information content (AvgIpc) is 2.20. The molecule has 0 radical (unpaired) electrons. The van der Waals surface area contributed by atoms with Crippen LogP contribution >= 0.6 is 12.6 Å². The maximum atomic E-state index is 11.1. The number of H-pyrrole nitrogens is 1. The van der Waals surface area contributed by atoms with Gasteiger partial charge in [-0.05, 0) is 6.07 Å². The van der Waals surface area contributed by atoms with Crippen molar-refractivity contribution in [2.75, 3.05) is 6.61 Å². The number of nitrogens with one attached hydrogen (secondary N) is 1. The van der Waals surface area contributed by atoms with Crippen molar-refractivity contribution in [1.82, 2.24) is 4.98 Å². The molecule has 0 amide bonds. The van der Waals surface area contributed by atoms with E-state index in [1.807, 2.05) is 0 Å². The molecule has 2 atom stereocenters. The lowest BCUT2D eigenvalue weighted by molar-refractivity contribution is -0.0165. The molecule has 78 valence electrons. The predicted molar refractivity (Wildman–Crippen MR) is 52.4 cm³/mol. The second kappa shape index (κ2) is 4.61. The quantitative estimate of drug-likeness (QED) is 0.422. The Kier molecular flexibility index (Phi) is 3.70. The Morgan fingerprint density at radius 2 is 2.14 bits per heavy atom. The molecule has 0 aromatic carbocycles. The molecule has 0 aliphatic heterocycles. The van der Waals surface area contributed by atoms with Gasteiger partial charge >= 0.3 is 0 Å². The van der Waals surface area contributed by atoms with Gasteiger partial charge in [0.05, 0.1) is 11.5 Å². The van der Waals surface area contributed by atoms with Gasteiger partial charge in [0.2, 0.25) is 0 Å². The Hall–Kier alpha value is -0.820. The van der Waals surface area contributed by atoms with Gasteiger partial charge in [-0.2, -0.15) is 0 Å². The average molecular weight is 217 g/mol. The molecule has 1 aromatic heterocycles. The van der Waals surface area contributed by atoms with Gasteiger partial charge in [0.1, 0.15) is 12.2 Å². The molecular weight excluding hydrogens is 206 g/mol. The molecular formula is C8H11NO4S. The fourth-order valence-electron chi connectivity index (χ4n) is 1.03. The van der Waals surface area contributed by atoms with E-state index in [4.69, 9.17) is 10.2 Å². The minimum atomic E-state index is -1.32. The van der Waals surface area contributed by atoms with E-state index < -0.39 is 24.4 Å². The van der Waals surface area contributed by atoms with Crippen molar-refractivity contribution in [2.24, 2.45) is 0 Å². The van der Waals surface area contributed by atoms with Gasteiger partial charge in [-0.15, -0.1) is 12.6 Å². The van der Waals surface area contributed by atoms with Gasteiger partial charge in [-0.3, -0.25) is 4.79 Å². The van der Waals surface area contributed by atoms with Crippen molar-refractivity contribution >= 4 is 12.6 Å². The van der Waals surface area contributed by atoms with Crippen LogP contribution in [-0.2, 0) is 0 Å². The standard InChI is InChI=1S/C8H11NO4S/c10-3-5(11)6(12)4-1-2-9-8(13)7(4)14/h1-2,5-6,10-12,14H,3H2,(H,9,13). The minimum absolute atomic E-state index is 0.0347. The predicted octanol–water partition coefficient (Wildman–Crippen LogP) is -0.950. The van der Waals surface area contributed by atoms with Gasteiger partial charge in [0.15, 0.2) is 0 Å². The van der Waals surface area contributed by atoms with E-state index in [1.165, 1.54) is 12.3 Å². The summed E-state index contributed by atoms with van der Waals surface area (Å²) in [6, 6.07) is 1.42. The Morgan fingerprint density at radius 3 is 2.71 bits per heavy atom. The van der Waals surface area contributed by atoms with Crippen LogP contribution in [0.15, 0.2) is 22.0 Å². The lowest BCUT2D eigenvalue weighted by Crippen LogP contribution is -2.24. The normalized spacial score (nSPS) is 15.1. The Morgan fingerprint density at radius 1 is 1.50 bits per heavy atom. The summed E-state index contributed by atoms with van der Waals surface area (Å²) >= 11 is 3.89. The number of aromatic nitrogens is 1. The molecule has 0 aliphatic carbocycles. The third-order valence-corrected chi connectivity index (χ3v) is 2.30. The highest BCUT2D eigenvalue weighted by molar-refractivity contribution is 7.80. The summed E-state index contributed by atoms with van der Waals surface area (Å²) in [6.07, 6.45) is -1.29. The van der Waals surface area contributed by atoms with Gasteiger partial charge < -0.3 is 20.3 Å². The second-order valence-electron chi connectivity index (χ2n) is 2.81. The molecule has 5 nitrogen and oxygen atoms in total. The van der Waals surface area contributed by atoms with E-state index in [9.17, 15) is 9.90 Å². The maximum Gasteiger partial charge on any atom is 0.261 e. The molecule has 2 unspecified atom stereocenters. The number of thiol groups is 1. The van der Waals surface area contributed by atoms with Crippen LogP contribution in [0.25, 0.3) is 0 Å². The fraction of sp³-hybridized carbons (Fsp3) is 0.375. The highest BCUT2D eigenvalue weighted by Crippen LogP contribution is 2.20. The van der Waals surface area contributed by atoms with E-state index in [1.54, 1.807) is 0 Å². The van der Waals surface area contributed by atoms with Crippen LogP contribution in [0, 0.1) is 0 Å². The zero-order valence-corrected chi connectivity index (χ0v) is 8.11. The zero-order valence-electron chi connectivity index (χ0n) is 7.21. The summed E-state index contributed by atoms with van der Waals surface area (Å²) in [5.74, 6) is 0. The van der Waals surface area contributed by atoms with Crippen LogP contribution in [0.4, 0.5) is 0 Å². The number of aliphatic hydroxyl groups excluding tert-OH is 3. The lowest BCUT2D eigenvalue weighted by Gasteiger charge is -2.16. The van der Waals surface area contributed by atoms with Crippen LogP contribution in [-0.4, -0.2) is 33.0 Å². The first kappa shape index (κ1) is 11.3. The Bertz CT molecular complexity index is 365. The monoisotopic (exact) mass is 217 g/mol. The Balaban J connectivity index is 3.07. The van der Waals surface area contributed by atoms with E-state index in [2.05, 4.69) is 17.6 Å². The van der Waals surface area contributed by atoms with Crippen LogP contribution in [0.3, 0.4) is 0 Å². The van der Waals surface area contributed by atoms with Gasteiger partial charge in [-0.25, -0.2) is 0 Å². The molecule has 0 spiro atoms. The van der Waals surface area contributed by atoms with Crippen LogP contribution in [0.2, 0.25) is 0 Å². The summed E-state index contributed by atoms with van der Waals surface area (Å²) in [5.41, 5.74) is -0.256. The summed E-state index contributed by atoms with van der Waals surface area (Å²) in [5, 5.41) is 27.2. The summed E-state index contributed by atoms with van der Waals surface area (Å²) in [7, 11) is 0. The van der Waals surface area contributed by atoms with E-state index in [0.717, 1.165) is 0 Å². The van der Waals surface area contributed by atoms with Crippen molar-refractivity contribution in [3.05, 3.63) is 28.2 Å². The number of hydrogen-bond donors (Lipinski definition) is 5. The molecule has 0 fully saturated rings. The molecule has 1 heterocycles. The summed E-state index contributed by atoms with van der Waals surface area (Å²) in [4.78, 5) is 13.5. The van der Waals surface area contributed by atoms with E-state index >= 15 is 0 Å². The highest BCUT2D eigenvalue weighted by atomic mass is 32.1. The number of rotatable bonds is 3. The summed E-state index contributed by atoms with van der Waals surface area (Å²) < 4.78 is 0. The van der Waals surface area contributed by atoms with Crippen molar-refractivity contribution < 1.29 is 15.3 Å². The number of hydrogen-bond acceptors (Lipinski definition) is 5. The smallest absolute Gasteiger partial charge is 0.261 e. The largest absolute Gasteiger partial charge is 0.394 e. The van der Waals surface area contributed by atoms with Gasteiger partial charge in [-0.1, -0.05) is 0 Å². The lowest BCUT2D eigenvalue weighted by atomic mass is 10.1. The van der Waals surface area contributed by atoms with Crippen molar-refractivity contribution in [3.63, 3.8) is 0 Å². The van der Waals surface area contributed by atoms with Gasteiger partial charge in [0, 0.05) is 11.8 Å². The first-order valence-electron chi connectivity index (χ1n) is 3.95. The topological polar surface area (TPSA) is 93.6 Å². The SMILES string of the molecule is O=c1[nH]ccc(C(O)C(O)CO)c1S. The minimum Gasteiger partial charge on any atom is -0.394 e. The van der Waals surface area contributed by atoms with Crippen molar-refractivity contribution in [2.45, 2.75) is 17.1 Å². The molecule has 6 heteroatoms. The first-order valence-corrected chi connectivity index (χ1v) is 4.40. The molecule has 0 bridgehead atoms. The van der Waals surface area contributed by atoms with Gasteiger partial charge in [0.25, 0.3) is 5.56 Å². The molecule has 4 N–H and O–H groups in total. The van der Waals surface area contributed by atoms with Crippen molar-refractivity contribution in [1.29, 1.82) is 0 Å². The van der Waals surface area contributed by atoms with Crippen molar-refractivity contribution in [3.8, 4) is 0 Å². The second-order valence-corrected chi connectivity index (χ2v) is 3.25. The van der Waals surface area contributed by atoms with Crippen LogP contribution in [0.1, 0.15) is 11.7 Å². The molecule has 1 rings (SSSR count). The summed E-state index contributed by atoms with van der Waals surface area (Å²) in [6.45, 7) is -0.582. The molecule has 1 aromatic rings.